The summed E-state index contributed by atoms with van der Waals surface area (Å²) >= 11 is 0. The van der Waals surface area contributed by atoms with Crippen molar-refractivity contribution in [2.24, 2.45) is 5.73 Å². The second-order valence-corrected chi connectivity index (χ2v) is 4.17. The number of hydrogen-bond acceptors (Lipinski definition) is 2. The van der Waals surface area contributed by atoms with Crippen LogP contribution in [-0.2, 0) is 6.42 Å². The van der Waals surface area contributed by atoms with Gasteiger partial charge >= 0.3 is 0 Å². The second-order valence-electron chi connectivity index (χ2n) is 4.17. The van der Waals surface area contributed by atoms with Crippen molar-refractivity contribution in [2.75, 3.05) is 6.61 Å². The fraction of sp³-hybridized carbons (Fsp3) is 0.571. The highest BCUT2D eigenvalue weighted by Gasteiger charge is 2.02. The van der Waals surface area contributed by atoms with Gasteiger partial charge in [0, 0.05) is 6.04 Å². The molecule has 1 unspecified atom stereocenters. The molecule has 2 heteroatoms. The van der Waals surface area contributed by atoms with Crippen molar-refractivity contribution < 1.29 is 4.74 Å². The molecule has 90 valence electrons. The zero-order chi connectivity index (χ0) is 11.8. The van der Waals surface area contributed by atoms with E-state index in [0.29, 0.717) is 6.04 Å². The molecule has 0 radical (unpaired) electrons. The molecule has 0 fully saturated rings. The SMILES string of the molecule is CCCC(N)CCc1cccc(OCC)c1. The Balaban J connectivity index is 2.44. The Morgan fingerprint density at radius 3 is 2.75 bits per heavy atom. The first-order valence-electron chi connectivity index (χ1n) is 6.23. The van der Waals surface area contributed by atoms with Crippen LogP contribution in [0, 0.1) is 0 Å². The number of ether oxygens (including phenoxy) is 1. The fourth-order valence-corrected chi connectivity index (χ4v) is 1.82. The summed E-state index contributed by atoms with van der Waals surface area (Å²) in [6.07, 6.45) is 4.39. The monoisotopic (exact) mass is 221 g/mol. The van der Waals surface area contributed by atoms with Crippen molar-refractivity contribution in [1.29, 1.82) is 0 Å². The minimum atomic E-state index is 0.334. The van der Waals surface area contributed by atoms with E-state index in [1.54, 1.807) is 0 Å². The van der Waals surface area contributed by atoms with Crippen LogP contribution in [0.25, 0.3) is 0 Å². The van der Waals surface area contributed by atoms with E-state index < -0.39 is 0 Å². The topological polar surface area (TPSA) is 35.2 Å². The van der Waals surface area contributed by atoms with E-state index in [1.807, 2.05) is 19.1 Å². The Morgan fingerprint density at radius 1 is 1.25 bits per heavy atom. The minimum Gasteiger partial charge on any atom is -0.494 e. The number of benzene rings is 1. The number of rotatable bonds is 7. The van der Waals surface area contributed by atoms with Gasteiger partial charge in [-0.1, -0.05) is 25.5 Å². The third-order valence-corrected chi connectivity index (χ3v) is 2.67. The lowest BCUT2D eigenvalue weighted by Gasteiger charge is -2.10. The summed E-state index contributed by atoms with van der Waals surface area (Å²) < 4.78 is 5.47. The van der Waals surface area contributed by atoms with Gasteiger partial charge in [-0.05, 0) is 43.9 Å². The summed E-state index contributed by atoms with van der Waals surface area (Å²) in [5, 5.41) is 0. The van der Waals surface area contributed by atoms with E-state index in [-0.39, 0.29) is 0 Å². The van der Waals surface area contributed by atoms with Gasteiger partial charge < -0.3 is 10.5 Å². The van der Waals surface area contributed by atoms with Crippen LogP contribution in [0.4, 0.5) is 0 Å². The maximum absolute atomic E-state index is 6.00. The highest BCUT2D eigenvalue weighted by Crippen LogP contribution is 2.15. The van der Waals surface area contributed by atoms with Crippen molar-refractivity contribution in [3.8, 4) is 5.75 Å². The molecule has 1 aromatic carbocycles. The summed E-state index contributed by atoms with van der Waals surface area (Å²) in [4.78, 5) is 0. The number of aryl methyl sites for hydroxylation is 1. The van der Waals surface area contributed by atoms with Gasteiger partial charge in [-0.3, -0.25) is 0 Å². The molecule has 0 amide bonds. The molecular weight excluding hydrogens is 198 g/mol. The molecule has 0 spiro atoms. The molecule has 1 rings (SSSR count). The van der Waals surface area contributed by atoms with Crippen LogP contribution in [0.1, 0.15) is 38.7 Å². The van der Waals surface area contributed by atoms with Gasteiger partial charge in [0.1, 0.15) is 5.75 Å². The first-order valence-corrected chi connectivity index (χ1v) is 6.23. The van der Waals surface area contributed by atoms with Gasteiger partial charge in [0.2, 0.25) is 0 Å². The van der Waals surface area contributed by atoms with Crippen molar-refractivity contribution in [3.05, 3.63) is 29.8 Å². The third-order valence-electron chi connectivity index (χ3n) is 2.67. The summed E-state index contributed by atoms with van der Waals surface area (Å²) in [7, 11) is 0. The summed E-state index contributed by atoms with van der Waals surface area (Å²) in [6, 6.07) is 8.63. The molecular formula is C14H23NO. The smallest absolute Gasteiger partial charge is 0.119 e. The molecule has 1 aromatic rings. The van der Waals surface area contributed by atoms with E-state index >= 15 is 0 Å². The molecule has 0 aliphatic carbocycles. The Hall–Kier alpha value is -1.02. The molecule has 16 heavy (non-hydrogen) atoms. The third kappa shape index (κ3) is 4.67. The standard InChI is InChI=1S/C14H23NO/c1-3-6-13(15)10-9-12-7-5-8-14(11-12)16-4-2/h5,7-8,11,13H,3-4,6,9-10,15H2,1-2H3. The molecule has 0 bridgehead atoms. The molecule has 0 heterocycles. The van der Waals surface area contributed by atoms with Crippen LogP contribution in [0.5, 0.6) is 5.75 Å². The van der Waals surface area contributed by atoms with Crippen LogP contribution in [0.2, 0.25) is 0 Å². The van der Waals surface area contributed by atoms with E-state index in [9.17, 15) is 0 Å². The van der Waals surface area contributed by atoms with Crippen molar-refractivity contribution in [3.63, 3.8) is 0 Å². The lowest BCUT2D eigenvalue weighted by molar-refractivity contribution is 0.340. The highest BCUT2D eigenvalue weighted by molar-refractivity contribution is 5.28. The van der Waals surface area contributed by atoms with Crippen molar-refractivity contribution >= 4 is 0 Å². The first kappa shape index (κ1) is 13.0. The van der Waals surface area contributed by atoms with Gasteiger partial charge in [0.15, 0.2) is 0 Å². The molecule has 0 saturated heterocycles. The maximum Gasteiger partial charge on any atom is 0.119 e. The highest BCUT2D eigenvalue weighted by atomic mass is 16.5. The minimum absolute atomic E-state index is 0.334. The molecule has 2 N–H and O–H groups in total. The average molecular weight is 221 g/mol. The summed E-state index contributed by atoms with van der Waals surface area (Å²) in [6.45, 7) is 4.90. The van der Waals surface area contributed by atoms with Crippen LogP contribution >= 0.6 is 0 Å². The quantitative estimate of drug-likeness (QED) is 0.767. The molecule has 0 aliphatic heterocycles. The van der Waals surface area contributed by atoms with Gasteiger partial charge in [-0.25, -0.2) is 0 Å². The van der Waals surface area contributed by atoms with Crippen LogP contribution in [0.15, 0.2) is 24.3 Å². The molecule has 0 aliphatic rings. The van der Waals surface area contributed by atoms with Crippen molar-refractivity contribution in [1.82, 2.24) is 0 Å². The molecule has 1 atom stereocenters. The zero-order valence-corrected chi connectivity index (χ0v) is 10.4. The Kier molecular flexibility index (Phi) is 5.94. The van der Waals surface area contributed by atoms with Gasteiger partial charge in [0.25, 0.3) is 0 Å². The van der Waals surface area contributed by atoms with E-state index in [4.69, 9.17) is 10.5 Å². The van der Waals surface area contributed by atoms with E-state index in [2.05, 4.69) is 19.1 Å². The first-order chi connectivity index (χ1) is 7.76. The Morgan fingerprint density at radius 2 is 2.06 bits per heavy atom. The number of hydrogen-bond donors (Lipinski definition) is 1. The van der Waals surface area contributed by atoms with Crippen LogP contribution in [0.3, 0.4) is 0 Å². The van der Waals surface area contributed by atoms with E-state index in [1.165, 1.54) is 12.0 Å². The van der Waals surface area contributed by atoms with Crippen molar-refractivity contribution in [2.45, 2.75) is 45.6 Å². The van der Waals surface area contributed by atoms with Gasteiger partial charge in [-0.15, -0.1) is 0 Å². The fourth-order valence-electron chi connectivity index (χ4n) is 1.82. The Bertz CT molecular complexity index is 299. The average Bonchev–Trinajstić information content (AvgIpc) is 2.28. The second kappa shape index (κ2) is 7.29. The van der Waals surface area contributed by atoms with Crippen LogP contribution < -0.4 is 10.5 Å². The lowest BCUT2D eigenvalue weighted by atomic mass is 10.0. The lowest BCUT2D eigenvalue weighted by Crippen LogP contribution is -2.20. The molecule has 2 nitrogen and oxygen atoms in total. The zero-order valence-electron chi connectivity index (χ0n) is 10.4. The molecule has 0 saturated carbocycles. The van der Waals surface area contributed by atoms with Crippen LogP contribution in [-0.4, -0.2) is 12.6 Å². The van der Waals surface area contributed by atoms with Gasteiger partial charge in [0.05, 0.1) is 6.61 Å². The number of nitrogens with two attached hydrogens (primary N) is 1. The van der Waals surface area contributed by atoms with E-state index in [0.717, 1.165) is 31.6 Å². The molecule has 0 aromatic heterocycles. The maximum atomic E-state index is 6.00. The predicted molar refractivity (Wildman–Crippen MR) is 68.8 cm³/mol. The normalized spacial score (nSPS) is 12.4. The summed E-state index contributed by atoms with van der Waals surface area (Å²) in [5.41, 5.74) is 7.31. The van der Waals surface area contributed by atoms with Gasteiger partial charge in [-0.2, -0.15) is 0 Å². The summed E-state index contributed by atoms with van der Waals surface area (Å²) in [5.74, 6) is 0.962. The predicted octanol–water partition coefficient (Wildman–Crippen LogP) is 3.15. The Labute approximate surface area is 98.8 Å². The largest absolute Gasteiger partial charge is 0.494 e.